The van der Waals surface area contributed by atoms with E-state index in [0.717, 1.165) is 17.9 Å². The van der Waals surface area contributed by atoms with Crippen LogP contribution in [0.25, 0.3) is 0 Å². The van der Waals surface area contributed by atoms with Crippen molar-refractivity contribution in [2.24, 2.45) is 0 Å². The third-order valence-corrected chi connectivity index (χ3v) is 5.22. The van der Waals surface area contributed by atoms with E-state index in [1.54, 1.807) is 6.92 Å². The minimum Gasteiger partial charge on any atom is -0.325 e. The highest BCUT2D eigenvalue weighted by Crippen LogP contribution is 2.29. The molecule has 1 N–H and O–H groups in total. The molecule has 3 rings (SSSR count). The van der Waals surface area contributed by atoms with Crippen LogP contribution < -0.4 is 5.32 Å². The number of allylic oxidation sites excluding steroid dienone is 4. The lowest BCUT2D eigenvalue weighted by Gasteiger charge is -2.16. The van der Waals surface area contributed by atoms with Crippen LogP contribution in [0.2, 0.25) is 0 Å². The number of ketones is 1. The Morgan fingerprint density at radius 2 is 2.04 bits per heavy atom. The molecule has 0 bridgehead atoms. The van der Waals surface area contributed by atoms with Gasteiger partial charge in [-0.25, -0.2) is 0 Å². The minimum absolute atomic E-state index is 0.0221. The lowest BCUT2D eigenvalue weighted by molar-refractivity contribution is -0.114. The van der Waals surface area contributed by atoms with Crippen molar-refractivity contribution in [2.75, 3.05) is 11.1 Å². The van der Waals surface area contributed by atoms with Gasteiger partial charge in [0.1, 0.15) is 5.82 Å². The second-order valence-electron chi connectivity index (χ2n) is 6.21. The van der Waals surface area contributed by atoms with Gasteiger partial charge in [0.05, 0.1) is 5.75 Å². The fourth-order valence-corrected chi connectivity index (χ4v) is 3.73. The molecule has 1 aliphatic carbocycles. The van der Waals surface area contributed by atoms with Gasteiger partial charge in [0.25, 0.3) is 0 Å². The maximum Gasteiger partial charge on any atom is 0.234 e. The van der Waals surface area contributed by atoms with Crippen LogP contribution in [0.1, 0.15) is 32.0 Å². The first-order chi connectivity index (χ1) is 13.1. The van der Waals surface area contributed by atoms with Crippen molar-refractivity contribution < 1.29 is 9.59 Å². The Labute approximate surface area is 162 Å². The summed E-state index contributed by atoms with van der Waals surface area (Å²) in [6, 6.07) is 9.37. The summed E-state index contributed by atoms with van der Waals surface area (Å²) in [5, 5.41) is 12.2. The van der Waals surface area contributed by atoms with E-state index in [1.165, 1.54) is 11.8 Å². The van der Waals surface area contributed by atoms with Crippen molar-refractivity contribution >= 4 is 29.1 Å². The molecule has 1 aliphatic rings. The molecule has 0 saturated carbocycles. The standard InChI is InChI=1S/C20H22N4O2S/c1-3-24-19(16-9-7-8-15(12-16)14(2)25)22-23-20(24)27-13-18(26)21-17-10-5-4-6-11-17/h4-8,10-12,16H,3,9,13H2,1-2H3,(H,21,26). The molecule has 27 heavy (non-hydrogen) atoms. The van der Waals surface area contributed by atoms with Crippen molar-refractivity contribution in [3.8, 4) is 0 Å². The summed E-state index contributed by atoms with van der Waals surface area (Å²) >= 11 is 1.36. The molecule has 6 nitrogen and oxygen atoms in total. The first-order valence-electron chi connectivity index (χ1n) is 8.88. The van der Waals surface area contributed by atoms with Gasteiger partial charge in [-0.2, -0.15) is 0 Å². The highest BCUT2D eigenvalue weighted by atomic mass is 32.2. The maximum atomic E-state index is 12.2. The van der Waals surface area contributed by atoms with E-state index in [1.807, 2.05) is 60.1 Å². The van der Waals surface area contributed by atoms with Crippen molar-refractivity contribution in [1.82, 2.24) is 14.8 Å². The third-order valence-electron chi connectivity index (χ3n) is 4.26. The highest BCUT2D eigenvalue weighted by molar-refractivity contribution is 7.99. The van der Waals surface area contributed by atoms with E-state index >= 15 is 0 Å². The number of nitrogens with zero attached hydrogens (tertiary/aromatic N) is 3. The molecule has 7 heteroatoms. The number of para-hydroxylation sites is 1. The highest BCUT2D eigenvalue weighted by Gasteiger charge is 2.22. The molecule has 0 aliphatic heterocycles. The minimum atomic E-state index is -0.0854. The Bertz CT molecular complexity index is 887. The summed E-state index contributed by atoms with van der Waals surface area (Å²) in [5.41, 5.74) is 1.48. The summed E-state index contributed by atoms with van der Waals surface area (Å²) in [6.07, 6.45) is 6.59. The van der Waals surface area contributed by atoms with Crippen LogP contribution >= 0.6 is 11.8 Å². The van der Waals surface area contributed by atoms with E-state index in [9.17, 15) is 9.59 Å². The van der Waals surface area contributed by atoms with Crippen LogP contribution in [0.3, 0.4) is 0 Å². The van der Waals surface area contributed by atoms with E-state index in [-0.39, 0.29) is 23.4 Å². The van der Waals surface area contributed by atoms with Crippen molar-refractivity contribution in [2.45, 2.75) is 37.9 Å². The monoisotopic (exact) mass is 382 g/mol. The lowest BCUT2D eigenvalue weighted by atomic mass is 9.94. The topological polar surface area (TPSA) is 76.9 Å². The zero-order valence-electron chi connectivity index (χ0n) is 15.4. The second kappa shape index (κ2) is 8.81. The average Bonchev–Trinajstić information content (AvgIpc) is 3.10. The summed E-state index contributed by atoms with van der Waals surface area (Å²) in [6.45, 7) is 4.29. The van der Waals surface area contributed by atoms with Gasteiger partial charge in [0.15, 0.2) is 10.9 Å². The molecule has 2 aromatic rings. The summed E-state index contributed by atoms with van der Waals surface area (Å²) < 4.78 is 2.01. The van der Waals surface area contributed by atoms with E-state index < -0.39 is 0 Å². The Kier molecular flexibility index (Phi) is 6.24. The number of nitrogens with one attached hydrogen (secondary N) is 1. The van der Waals surface area contributed by atoms with Crippen LogP contribution in [0.15, 0.2) is 59.3 Å². The number of benzene rings is 1. The van der Waals surface area contributed by atoms with Crippen LogP contribution in [0.5, 0.6) is 0 Å². The lowest BCUT2D eigenvalue weighted by Crippen LogP contribution is -2.15. The summed E-state index contributed by atoms with van der Waals surface area (Å²) in [7, 11) is 0. The number of aromatic nitrogens is 3. The fraction of sp³-hybridized carbons (Fsp3) is 0.300. The van der Waals surface area contributed by atoms with Gasteiger partial charge < -0.3 is 9.88 Å². The molecule has 1 aromatic carbocycles. The molecule has 1 heterocycles. The number of amides is 1. The summed E-state index contributed by atoms with van der Waals surface area (Å²) in [4.78, 5) is 23.8. The maximum absolute atomic E-state index is 12.2. The van der Waals surface area contributed by atoms with Crippen LogP contribution in [0.4, 0.5) is 5.69 Å². The van der Waals surface area contributed by atoms with Crippen LogP contribution in [-0.4, -0.2) is 32.2 Å². The largest absolute Gasteiger partial charge is 0.325 e. The van der Waals surface area contributed by atoms with E-state index in [0.29, 0.717) is 17.3 Å². The smallest absolute Gasteiger partial charge is 0.234 e. The number of carbonyl (C=O) groups excluding carboxylic acids is 2. The van der Waals surface area contributed by atoms with Crippen molar-refractivity contribution in [3.63, 3.8) is 0 Å². The Balaban J connectivity index is 1.68. The first kappa shape index (κ1) is 19.1. The second-order valence-corrected chi connectivity index (χ2v) is 7.15. The molecular weight excluding hydrogens is 360 g/mol. The SMILES string of the molecule is CCn1c(SCC(=O)Nc2ccccc2)nnc1C1C=C(C(C)=O)C=CC1. The van der Waals surface area contributed by atoms with Gasteiger partial charge in [-0.05, 0) is 32.4 Å². The first-order valence-corrected chi connectivity index (χ1v) is 9.87. The quantitative estimate of drug-likeness (QED) is 0.741. The molecule has 0 fully saturated rings. The molecule has 1 aromatic heterocycles. The van der Waals surface area contributed by atoms with Crippen LogP contribution in [-0.2, 0) is 16.1 Å². The van der Waals surface area contributed by atoms with Crippen LogP contribution in [0, 0.1) is 0 Å². The van der Waals surface area contributed by atoms with Crippen molar-refractivity contribution in [3.05, 3.63) is 60.0 Å². The molecule has 0 saturated heterocycles. The number of rotatable bonds is 7. The Morgan fingerprint density at radius 3 is 2.74 bits per heavy atom. The molecule has 1 atom stereocenters. The molecule has 0 spiro atoms. The third kappa shape index (κ3) is 4.74. The van der Waals surface area contributed by atoms with E-state index in [2.05, 4.69) is 15.5 Å². The molecule has 140 valence electrons. The number of hydrogen-bond acceptors (Lipinski definition) is 5. The fourth-order valence-electron chi connectivity index (χ4n) is 2.92. The Hall–Kier alpha value is -2.67. The van der Waals surface area contributed by atoms with Gasteiger partial charge in [0, 0.05) is 23.7 Å². The molecule has 0 radical (unpaired) electrons. The van der Waals surface area contributed by atoms with E-state index in [4.69, 9.17) is 0 Å². The number of thioether (sulfide) groups is 1. The number of Topliss-reactive ketones (excluding diaryl/α,β-unsaturated/α-hetero) is 1. The predicted octanol–water partition coefficient (Wildman–Crippen LogP) is 3.59. The average molecular weight is 382 g/mol. The zero-order chi connectivity index (χ0) is 19.2. The Morgan fingerprint density at radius 1 is 1.26 bits per heavy atom. The molecule has 1 unspecified atom stereocenters. The van der Waals surface area contributed by atoms with Gasteiger partial charge in [-0.3, -0.25) is 9.59 Å². The van der Waals surface area contributed by atoms with Gasteiger partial charge >= 0.3 is 0 Å². The summed E-state index contributed by atoms with van der Waals surface area (Å²) in [5.74, 6) is 1.07. The zero-order valence-corrected chi connectivity index (χ0v) is 16.2. The normalized spacial score (nSPS) is 16.1. The predicted molar refractivity (Wildman–Crippen MR) is 107 cm³/mol. The number of carbonyl (C=O) groups is 2. The van der Waals surface area contributed by atoms with Gasteiger partial charge in [0.2, 0.25) is 5.91 Å². The number of hydrogen-bond donors (Lipinski definition) is 1. The number of anilines is 1. The van der Waals surface area contributed by atoms with Gasteiger partial charge in [-0.1, -0.05) is 48.2 Å². The van der Waals surface area contributed by atoms with Crippen molar-refractivity contribution in [1.29, 1.82) is 0 Å². The van der Waals surface area contributed by atoms with Gasteiger partial charge in [-0.15, -0.1) is 10.2 Å². The molecular formula is C20H22N4O2S. The molecule has 1 amide bonds.